The Hall–Kier alpha value is -1.64. The molecule has 1 N–H and O–H groups in total. The van der Waals surface area contributed by atoms with Crippen molar-refractivity contribution in [3.05, 3.63) is 29.8 Å². The number of hydrogen-bond acceptors (Lipinski definition) is 5. The van der Waals surface area contributed by atoms with Crippen molar-refractivity contribution in [2.24, 2.45) is 0 Å². The molecule has 1 atom stereocenters. The van der Waals surface area contributed by atoms with Crippen LogP contribution in [0, 0.1) is 0 Å². The summed E-state index contributed by atoms with van der Waals surface area (Å²) < 4.78 is 31.4. The number of hydrogen-bond donors (Lipinski definition) is 1. The number of rotatable bonds is 4. The molecule has 24 heavy (non-hydrogen) atoms. The summed E-state index contributed by atoms with van der Waals surface area (Å²) in [6, 6.07) is 6.89. The van der Waals surface area contributed by atoms with Gasteiger partial charge in [0.05, 0.1) is 11.4 Å². The van der Waals surface area contributed by atoms with Crippen LogP contribution in [0.25, 0.3) is 0 Å². The first kappa shape index (κ1) is 17.2. The molecule has 2 fully saturated rings. The van der Waals surface area contributed by atoms with E-state index in [1.165, 1.54) is 7.05 Å². The van der Waals surface area contributed by atoms with Crippen molar-refractivity contribution in [2.45, 2.75) is 29.9 Å². The molecule has 1 amide bonds. The first-order valence-corrected chi connectivity index (χ1v) is 9.51. The molecule has 1 unspecified atom stereocenters. The molecule has 0 saturated carbocycles. The summed E-state index contributed by atoms with van der Waals surface area (Å²) in [5.41, 5.74) is 0.638. The van der Waals surface area contributed by atoms with Gasteiger partial charge in [-0.25, -0.2) is 17.9 Å². The Morgan fingerprint density at radius 2 is 1.96 bits per heavy atom. The Kier molecular flexibility index (Phi) is 4.54. The highest BCUT2D eigenvalue weighted by atomic mass is 32.2. The highest BCUT2D eigenvalue weighted by Crippen LogP contribution is 2.32. The number of likely N-dealkylation sites (tertiary alicyclic amines) is 1. The average Bonchev–Trinajstić information content (AvgIpc) is 2.81. The van der Waals surface area contributed by atoms with Crippen molar-refractivity contribution >= 4 is 16.1 Å². The molecule has 2 saturated heterocycles. The Labute approximate surface area is 142 Å². The largest absolute Gasteiger partial charge is 0.440 e. The summed E-state index contributed by atoms with van der Waals surface area (Å²) in [6.45, 7) is 2.99. The zero-order valence-corrected chi connectivity index (χ0v) is 14.8. The molecule has 1 aromatic rings. The molecular formula is C16H23N3O4S. The van der Waals surface area contributed by atoms with Crippen molar-refractivity contribution in [3.63, 3.8) is 0 Å². The van der Waals surface area contributed by atoms with E-state index >= 15 is 0 Å². The van der Waals surface area contributed by atoms with Gasteiger partial charge >= 0.3 is 6.09 Å². The maximum Gasteiger partial charge on any atom is 0.410 e. The molecule has 0 radical (unpaired) electrons. The molecule has 2 aliphatic heterocycles. The summed E-state index contributed by atoms with van der Waals surface area (Å²) >= 11 is 0. The topological polar surface area (TPSA) is 79.0 Å². The van der Waals surface area contributed by atoms with Crippen LogP contribution in [0.15, 0.2) is 29.2 Å². The molecule has 3 rings (SSSR count). The third kappa shape index (κ3) is 3.40. The smallest absolute Gasteiger partial charge is 0.410 e. The Bertz CT molecular complexity index is 719. The van der Waals surface area contributed by atoms with Gasteiger partial charge < -0.3 is 9.64 Å². The van der Waals surface area contributed by atoms with Crippen LogP contribution >= 0.6 is 0 Å². The van der Waals surface area contributed by atoms with Gasteiger partial charge in [0.15, 0.2) is 0 Å². The number of carbonyl (C=O) groups is 1. The van der Waals surface area contributed by atoms with Crippen LogP contribution in [0.2, 0.25) is 0 Å². The number of carbonyl (C=O) groups excluding carboxylic acids is 1. The van der Waals surface area contributed by atoms with Gasteiger partial charge in [-0.1, -0.05) is 12.1 Å². The Morgan fingerprint density at radius 3 is 2.54 bits per heavy atom. The zero-order valence-electron chi connectivity index (χ0n) is 14.0. The molecule has 1 aromatic carbocycles. The van der Waals surface area contributed by atoms with Crippen LogP contribution in [0.3, 0.4) is 0 Å². The van der Waals surface area contributed by atoms with Crippen molar-refractivity contribution in [1.29, 1.82) is 0 Å². The lowest BCUT2D eigenvalue weighted by molar-refractivity contribution is -0.0113. The second-order valence-corrected chi connectivity index (χ2v) is 8.46. The van der Waals surface area contributed by atoms with Gasteiger partial charge in [0.25, 0.3) is 0 Å². The van der Waals surface area contributed by atoms with E-state index < -0.39 is 15.6 Å². The first-order valence-electron chi connectivity index (χ1n) is 8.03. The van der Waals surface area contributed by atoms with Gasteiger partial charge in [0.1, 0.15) is 5.60 Å². The predicted octanol–water partition coefficient (Wildman–Crippen LogP) is 1.01. The number of sulfonamides is 1. The van der Waals surface area contributed by atoms with Crippen molar-refractivity contribution < 1.29 is 17.9 Å². The van der Waals surface area contributed by atoms with E-state index in [0.717, 1.165) is 24.9 Å². The van der Waals surface area contributed by atoms with Crippen LogP contribution in [0.1, 0.15) is 18.4 Å². The minimum atomic E-state index is -3.41. The molecule has 1 spiro atoms. The molecule has 2 heterocycles. The number of nitrogens with one attached hydrogen (secondary N) is 1. The van der Waals surface area contributed by atoms with E-state index in [0.29, 0.717) is 19.6 Å². The van der Waals surface area contributed by atoms with Crippen LogP contribution in [0.5, 0.6) is 0 Å². The number of benzene rings is 1. The fourth-order valence-electron chi connectivity index (χ4n) is 3.48. The molecule has 0 aliphatic carbocycles. The highest BCUT2D eigenvalue weighted by molar-refractivity contribution is 7.89. The van der Waals surface area contributed by atoms with Crippen molar-refractivity contribution in [2.75, 3.05) is 33.7 Å². The maximum atomic E-state index is 11.8. The quantitative estimate of drug-likeness (QED) is 0.874. The van der Waals surface area contributed by atoms with E-state index in [1.807, 2.05) is 12.1 Å². The molecule has 2 aliphatic rings. The summed E-state index contributed by atoms with van der Waals surface area (Å²) in [5.74, 6) is 0. The molecular weight excluding hydrogens is 330 g/mol. The second-order valence-electron chi connectivity index (χ2n) is 6.57. The molecule has 7 nitrogen and oxygen atoms in total. The lowest BCUT2D eigenvalue weighted by Crippen LogP contribution is -2.50. The van der Waals surface area contributed by atoms with Gasteiger partial charge in [0.2, 0.25) is 10.0 Å². The molecule has 0 aromatic heterocycles. The summed E-state index contributed by atoms with van der Waals surface area (Å²) in [6.07, 6.45) is 1.62. The van der Waals surface area contributed by atoms with Crippen molar-refractivity contribution in [1.82, 2.24) is 14.5 Å². The van der Waals surface area contributed by atoms with Crippen LogP contribution in [-0.4, -0.2) is 63.6 Å². The second kappa shape index (κ2) is 6.34. The fourth-order valence-corrected chi connectivity index (χ4v) is 4.21. The first-order chi connectivity index (χ1) is 11.3. The summed E-state index contributed by atoms with van der Waals surface area (Å²) in [5, 5.41) is 0. The standard InChI is InChI=1S/C16H23N3O4S/c1-17-24(21,22)14-6-4-13(5-7-14)10-19-9-3-8-16(12-19)11-18(2)15(20)23-16/h4-7,17H,3,8-12H2,1-2H3. The molecule has 8 heteroatoms. The Morgan fingerprint density at radius 1 is 1.25 bits per heavy atom. The minimum Gasteiger partial charge on any atom is -0.440 e. The van der Waals surface area contributed by atoms with Gasteiger partial charge in [-0.05, 0) is 44.1 Å². The average molecular weight is 353 g/mol. The third-order valence-corrected chi connectivity index (χ3v) is 6.10. The number of piperidine rings is 1. The van der Waals surface area contributed by atoms with Gasteiger partial charge in [-0.3, -0.25) is 4.90 Å². The Balaban J connectivity index is 1.67. The zero-order chi connectivity index (χ0) is 17.4. The van der Waals surface area contributed by atoms with Gasteiger partial charge in [0, 0.05) is 20.1 Å². The summed E-state index contributed by atoms with van der Waals surface area (Å²) in [4.78, 5) is 15.8. The molecule has 132 valence electrons. The van der Waals surface area contributed by atoms with Crippen molar-refractivity contribution in [3.8, 4) is 0 Å². The van der Waals surface area contributed by atoms with Crippen LogP contribution in [-0.2, 0) is 21.3 Å². The highest BCUT2D eigenvalue weighted by Gasteiger charge is 2.46. The van der Waals surface area contributed by atoms with E-state index in [1.54, 1.807) is 24.1 Å². The lowest BCUT2D eigenvalue weighted by atomic mass is 9.92. The maximum absolute atomic E-state index is 11.8. The van der Waals surface area contributed by atoms with Crippen LogP contribution < -0.4 is 4.72 Å². The van der Waals surface area contributed by atoms with E-state index in [4.69, 9.17) is 4.74 Å². The molecule has 0 bridgehead atoms. The third-order valence-electron chi connectivity index (χ3n) is 4.67. The van der Waals surface area contributed by atoms with E-state index in [2.05, 4.69) is 9.62 Å². The number of amides is 1. The van der Waals surface area contributed by atoms with Gasteiger partial charge in [-0.15, -0.1) is 0 Å². The van der Waals surface area contributed by atoms with E-state index in [9.17, 15) is 13.2 Å². The number of ether oxygens (including phenoxy) is 1. The normalized spacial score (nSPS) is 25.2. The predicted molar refractivity (Wildman–Crippen MR) is 89.0 cm³/mol. The monoisotopic (exact) mass is 353 g/mol. The lowest BCUT2D eigenvalue weighted by Gasteiger charge is -2.38. The van der Waals surface area contributed by atoms with E-state index in [-0.39, 0.29) is 11.0 Å². The fraction of sp³-hybridized carbons (Fsp3) is 0.562. The SMILES string of the molecule is CNS(=O)(=O)c1ccc(CN2CCCC3(C2)CN(C)C(=O)O3)cc1. The van der Waals surface area contributed by atoms with Crippen LogP contribution in [0.4, 0.5) is 4.79 Å². The minimum absolute atomic E-state index is 0.251. The number of nitrogens with zero attached hydrogens (tertiary/aromatic N) is 2. The summed E-state index contributed by atoms with van der Waals surface area (Å²) in [7, 11) is -0.245. The van der Waals surface area contributed by atoms with Gasteiger partial charge in [-0.2, -0.15) is 0 Å². The number of likely N-dealkylation sites (N-methyl/N-ethyl adjacent to an activating group) is 1.